The normalized spacial score (nSPS) is 13.5. The Morgan fingerprint density at radius 2 is 1.54 bits per heavy atom. The molecule has 2 amide bonds. The van der Waals surface area contributed by atoms with E-state index in [1.165, 1.54) is 0 Å². The van der Waals surface area contributed by atoms with E-state index in [0.717, 1.165) is 35.1 Å². The van der Waals surface area contributed by atoms with Gasteiger partial charge in [-0.1, -0.05) is 82.1 Å². The Morgan fingerprint density at radius 3 is 2.06 bits per heavy atom. The Balaban J connectivity index is 1.69. The summed E-state index contributed by atoms with van der Waals surface area (Å²) in [5.41, 5.74) is 3.34. The van der Waals surface area contributed by atoms with E-state index in [2.05, 4.69) is 34.9 Å². The summed E-state index contributed by atoms with van der Waals surface area (Å²) in [5, 5.41) is 14.9. The third-order valence-electron chi connectivity index (χ3n) is 6.99. The summed E-state index contributed by atoms with van der Waals surface area (Å²) in [4.78, 5) is 37.4. The first-order valence-electron chi connectivity index (χ1n) is 12.5. The van der Waals surface area contributed by atoms with Gasteiger partial charge in [-0.3, -0.25) is 9.59 Å². The molecule has 35 heavy (non-hydrogen) atoms. The summed E-state index contributed by atoms with van der Waals surface area (Å²) in [6.07, 6.45) is 2.18. The van der Waals surface area contributed by atoms with Gasteiger partial charge in [0.25, 0.3) is 0 Å². The zero-order chi connectivity index (χ0) is 25.4. The standard InChI is InChI=1S/C28H36N2O5/c1-4-7-12-19(17-25(31)32)29-26(33)28(5-2,6-3)30-27(34)35-18-24-22-15-10-8-13-20(22)21-14-9-11-16-23(21)24/h8-11,13-16,19,24H,4-7,12,17-18H2,1-3H3,(H,29,33)(H,30,34)(H,31,32). The maximum Gasteiger partial charge on any atom is 0.408 e. The quantitative estimate of drug-likeness (QED) is 0.386. The molecule has 0 radical (unpaired) electrons. The zero-order valence-corrected chi connectivity index (χ0v) is 20.8. The second-order valence-electron chi connectivity index (χ2n) is 9.15. The second-order valence-corrected chi connectivity index (χ2v) is 9.15. The number of unbranched alkanes of at least 4 members (excludes halogenated alkanes) is 1. The van der Waals surface area contributed by atoms with Crippen molar-refractivity contribution in [2.75, 3.05) is 6.61 Å². The molecule has 188 valence electrons. The lowest BCUT2D eigenvalue weighted by molar-refractivity contribution is -0.138. The topological polar surface area (TPSA) is 105 Å². The molecule has 3 N–H and O–H groups in total. The van der Waals surface area contributed by atoms with Gasteiger partial charge in [0.15, 0.2) is 0 Å². The van der Waals surface area contributed by atoms with Gasteiger partial charge in [0.1, 0.15) is 12.1 Å². The van der Waals surface area contributed by atoms with Crippen LogP contribution in [0.1, 0.15) is 76.3 Å². The minimum Gasteiger partial charge on any atom is -0.481 e. The highest BCUT2D eigenvalue weighted by atomic mass is 16.5. The molecule has 0 spiro atoms. The van der Waals surface area contributed by atoms with Crippen molar-refractivity contribution in [2.45, 2.75) is 76.8 Å². The van der Waals surface area contributed by atoms with Crippen molar-refractivity contribution in [2.24, 2.45) is 0 Å². The van der Waals surface area contributed by atoms with Crippen LogP contribution in [0.3, 0.4) is 0 Å². The first-order chi connectivity index (χ1) is 16.8. The Bertz CT molecular complexity index is 1000. The van der Waals surface area contributed by atoms with Crippen molar-refractivity contribution in [3.63, 3.8) is 0 Å². The van der Waals surface area contributed by atoms with Gasteiger partial charge in [-0.15, -0.1) is 0 Å². The molecule has 0 saturated heterocycles. The van der Waals surface area contributed by atoms with Crippen LogP contribution < -0.4 is 10.6 Å². The summed E-state index contributed by atoms with van der Waals surface area (Å²) in [5.74, 6) is -1.42. The fourth-order valence-electron chi connectivity index (χ4n) is 4.84. The van der Waals surface area contributed by atoms with Crippen LogP contribution in [-0.2, 0) is 14.3 Å². The van der Waals surface area contributed by atoms with Gasteiger partial charge in [0.05, 0.1) is 6.42 Å². The smallest absolute Gasteiger partial charge is 0.408 e. The number of aliphatic carboxylic acids is 1. The van der Waals surface area contributed by atoms with Gasteiger partial charge >= 0.3 is 12.1 Å². The Labute approximate surface area is 207 Å². The van der Waals surface area contributed by atoms with Gasteiger partial charge in [-0.2, -0.15) is 0 Å². The Hall–Kier alpha value is -3.35. The van der Waals surface area contributed by atoms with Crippen molar-refractivity contribution in [1.82, 2.24) is 10.6 Å². The van der Waals surface area contributed by atoms with E-state index in [9.17, 15) is 19.5 Å². The molecular weight excluding hydrogens is 444 g/mol. The highest BCUT2D eigenvalue weighted by Crippen LogP contribution is 2.44. The van der Waals surface area contributed by atoms with Crippen molar-refractivity contribution >= 4 is 18.0 Å². The van der Waals surface area contributed by atoms with E-state index < -0.39 is 23.6 Å². The minimum absolute atomic E-state index is 0.0754. The van der Waals surface area contributed by atoms with Gasteiger partial charge < -0.3 is 20.5 Å². The summed E-state index contributed by atoms with van der Waals surface area (Å²) >= 11 is 0. The van der Waals surface area contributed by atoms with Crippen LogP contribution in [0.25, 0.3) is 11.1 Å². The molecule has 1 unspecified atom stereocenters. The van der Waals surface area contributed by atoms with Gasteiger partial charge in [-0.05, 0) is 41.5 Å². The second kappa shape index (κ2) is 11.9. The van der Waals surface area contributed by atoms with Gasteiger partial charge in [0, 0.05) is 12.0 Å². The van der Waals surface area contributed by atoms with Crippen LogP contribution in [0, 0.1) is 0 Å². The Kier molecular flexibility index (Phi) is 8.90. The zero-order valence-electron chi connectivity index (χ0n) is 20.8. The van der Waals surface area contributed by atoms with Crippen LogP contribution in [0.15, 0.2) is 48.5 Å². The number of benzene rings is 2. The van der Waals surface area contributed by atoms with Crippen LogP contribution in [0.2, 0.25) is 0 Å². The number of hydrogen-bond acceptors (Lipinski definition) is 4. The van der Waals surface area contributed by atoms with E-state index in [4.69, 9.17) is 4.74 Å². The summed E-state index contributed by atoms with van der Waals surface area (Å²) < 4.78 is 5.66. The lowest BCUT2D eigenvalue weighted by atomic mass is 9.91. The van der Waals surface area contributed by atoms with E-state index in [0.29, 0.717) is 19.3 Å². The molecule has 2 aromatic carbocycles. The monoisotopic (exact) mass is 480 g/mol. The maximum absolute atomic E-state index is 13.2. The fraction of sp³-hybridized carbons (Fsp3) is 0.464. The number of rotatable bonds is 12. The SMILES string of the molecule is CCCCC(CC(=O)O)NC(=O)C(CC)(CC)NC(=O)OCC1c2ccccc2-c2ccccc21. The predicted octanol–water partition coefficient (Wildman–Crippen LogP) is 5.23. The number of alkyl carbamates (subject to hydrolysis) is 1. The van der Waals surface area contributed by atoms with E-state index in [1.807, 2.05) is 45.0 Å². The maximum atomic E-state index is 13.2. The summed E-state index contributed by atoms with van der Waals surface area (Å²) in [6.45, 7) is 5.82. The highest BCUT2D eigenvalue weighted by molar-refractivity contribution is 5.90. The lowest BCUT2D eigenvalue weighted by Gasteiger charge is -2.33. The molecule has 0 fully saturated rings. The third-order valence-corrected chi connectivity index (χ3v) is 6.99. The molecular formula is C28H36N2O5. The molecule has 1 aliphatic carbocycles. The molecule has 7 nitrogen and oxygen atoms in total. The minimum atomic E-state index is -1.18. The highest BCUT2D eigenvalue weighted by Gasteiger charge is 2.38. The molecule has 1 aliphatic rings. The van der Waals surface area contributed by atoms with Gasteiger partial charge in [-0.25, -0.2) is 4.79 Å². The number of carboxylic acids is 1. The van der Waals surface area contributed by atoms with Crippen LogP contribution in [0.5, 0.6) is 0 Å². The molecule has 2 aromatic rings. The third kappa shape index (κ3) is 6.02. The van der Waals surface area contributed by atoms with Crippen LogP contribution >= 0.6 is 0 Å². The van der Waals surface area contributed by atoms with Crippen molar-refractivity contribution in [3.05, 3.63) is 59.7 Å². The van der Waals surface area contributed by atoms with Crippen molar-refractivity contribution < 1.29 is 24.2 Å². The van der Waals surface area contributed by atoms with E-state index in [1.54, 1.807) is 0 Å². The molecule has 0 saturated carbocycles. The molecule has 3 rings (SSSR count). The number of hydrogen-bond donors (Lipinski definition) is 3. The average molecular weight is 481 g/mol. The molecule has 0 aliphatic heterocycles. The number of nitrogens with one attached hydrogen (secondary N) is 2. The van der Waals surface area contributed by atoms with Crippen LogP contribution in [0.4, 0.5) is 4.79 Å². The molecule has 7 heteroatoms. The van der Waals surface area contributed by atoms with Gasteiger partial charge in [0.2, 0.25) is 5.91 Å². The van der Waals surface area contributed by atoms with E-state index in [-0.39, 0.29) is 24.9 Å². The number of carbonyl (C=O) groups is 3. The summed E-state index contributed by atoms with van der Waals surface area (Å²) in [6, 6.07) is 15.7. The lowest BCUT2D eigenvalue weighted by Crippen LogP contribution is -2.60. The molecule has 1 atom stereocenters. The predicted molar refractivity (Wildman–Crippen MR) is 135 cm³/mol. The number of fused-ring (bicyclic) bond motifs is 3. The number of carboxylic acid groups (broad SMARTS) is 1. The fourth-order valence-corrected chi connectivity index (χ4v) is 4.84. The van der Waals surface area contributed by atoms with E-state index >= 15 is 0 Å². The number of ether oxygens (including phenoxy) is 1. The van der Waals surface area contributed by atoms with Crippen LogP contribution in [-0.4, -0.2) is 41.3 Å². The first-order valence-corrected chi connectivity index (χ1v) is 12.5. The number of carbonyl (C=O) groups excluding carboxylic acids is 2. The molecule has 0 heterocycles. The average Bonchev–Trinajstić information content (AvgIpc) is 3.18. The first kappa shape index (κ1) is 26.3. The van der Waals surface area contributed by atoms with Crippen molar-refractivity contribution in [1.29, 1.82) is 0 Å². The molecule has 0 bridgehead atoms. The molecule has 0 aromatic heterocycles. The summed E-state index contributed by atoms with van der Waals surface area (Å²) in [7, 11) is 0. The Morgan fingerprint density at radius 1 is 0.971 bits per heavy atom. The number of amides is 2. The largest absolute Gasteiger partial charge is 0.481 e. The van der Waals surface area contributed by atoms with Crippen molar-refractivity contribution in [3.8, 4) is 11.1 Å².